The number of nitrogens with zero attached hydrogens (tertiary/aromatic N) is 1. The SMILES string of the molecule is COc1ccccc1NC(=O)N(C)CCCCCN. The van der Waals surface area contributed by atoms with Gasteiger partial charge in [-0.1, -0.05) is 18.6 Å². The van der Waals surface area contributed by atoms with Crippen LogP contribution >= 0.6 is 0 Å². The molecule has 5 heteroatoms. The molecule has 0 saturated heterocycles. The highest BCUT2D eigenvalue weighted by Crippen LogP contribution is 2.23. The van der Waals surface area contributed by atoms with E-state index in [4.69, 9.17) is 10.5 Å². The molecule has 0 aromatic heterocycles. The van der Waals surface area contributed by atoms with Crippen LogP contribution in [0.15, 0.2) is 24.3 Å². The molecule has 0 radical (unpaired) electrons. The molecule has 0 aliphatic heterocycles. The van der Waals surface area contributed by atoms with E-state index in [1.54, 1.807) is 19.1 Å². The van der Waals surface area contributed by atoms with Crippen molar-refractivity contribution in [1.82, 2.24) is 4.90 Å². The van der Waals surface area contributed by atoms with Crippen molar-refractivity contribution in [3.8, 4) is 5.75 Å². The van der Waals surface area contributed by atoms with Crippen molar-refractivity contribution in [2.75, 3.05) is 32.6 Å². The first-order valence-electron chi connectivity index (χ1n) is 6.54. The number of methoxy groups -OCH3 is 1. The van der Waals surface area contributed by atoms with Gasteiger partial charge in [0.1, 0.15) is 5.75 Å². The lowest BCUT2D eigenvalue weighted by Crippen LogP contribution is -2.32. The molecular formula is C14H23N3O2. The molecule has 0 bridgehead atoms. The van der Waals surface area contributed by atoms with Crippen LogP contribution in [0.4, 0.5) is 10.5 Å². The topological polar surface area (TPSA) is 67.6 Å². The van der Waals surface area contributed by atoms with Crippen LogP contribution in [-0.4, -0.2) is 38.2 Å². The Kier molecular flexibility index (Phi) is 6.74. The summed E-state index contributed by atoms with van der Waals surface area (Å²) in [4.78, 5) is 13.6. The number of hydrogen-bond acceptors (Lipinski definition) is 3. The maximum atomic E-state index is 12.0. The summed E-state index contributed by atoms with van der Waals surface area (Å²) in [6.45, 7) is 1.43. The minimum Gasteiger partial charge on any atom is -0.495 e. The maximum absolute atomic E-state index is 12.0. The predicted octanol–water partition coefficient (Wildman–Crippen LogP) is 2.29. The molecule has 1 aromatic rings. The van der Waals surface area contributed by atoms with Gasteiger partial charge in [-0.05, 0) is 31.5 Å². The van der Waals surface area contributed by atoms with Crippen LogP contribution in [0.25, 0.3) is 0 Å². The fourth-order valence-electron chi connectivity index (χ4n) is 1.73. The number of unbranched alkanes of at least 4 members (excludes halogenated alkanes) is 2. The molecule has 106 valence electrons. The van der Waals surface area contributed by atoms with E-state index in [0.29, 0.717) is 18.0 Å². The summed E-state index contributed by atoms with van der Waals surface area (Å²) in [5.74, 6) is 0.660. The van der Waals surface area contributed by atoms with Crippen molar-refractivity contribution in [3.05, 3.63) is 24.3 Å². The molecule has 0 fully saturated rings. The standard InChI is InChI=1S/C14H23N3O2/c1-17(11-7-3-6-10-15)14(18)16-12-8-4-5-9-13(12)19-2/h4-5,8-9H,3,6-7,10-11,15H2,1-2H3,(H,16,18). The molecule has 0 unspecified atom stereocenters. The minimum absolute atomic E-state index is 0.128. The third kappa shape index (κ3) is 5.18. The average molecular weight is 265 g/mol. The number of amides is 2. The largest absolute Gasteiger partial charge is 0.495 e. The highest BCUT2D eigenvalue weighted by molar-refractivity contribution is 5.90. The van der Waals surface area contributed by atoms with E-state index in [-0.39, 0.29) is 6.03 Å². The van der Waals surface area contributed by atoms with Gasteiger partial charge in [-0.2, -0.15) is 0 Å². The maximum Gasteiger partial charge on any atom is 0.321 e. The molecule has 3 N–H and O–H groups in total. The summed E-state index contributed by atoms with van der Waals surface area (Å²) in [7, 11) is 3.37. The first kappa shape index (κ1) is 15.3. The third-order valence-corrected chi connectivity index (χ3v) is 2.89. The lowest BCUT2D eigenvalue weighted by atomic mass is 10.2. The van der Waals surface area contributed by atoms with Crippen LogP contribution in [0.2, 0.25) is 0 Å². The number of carbonyl (C=O) groups is 1. The second-order valence-corrected chi connectivity index (χ2v) is 4.40. The van der Waals surface area contributed by atoms with E-state index >= 15 is 0 Å². The van der Waals surface area contributed by atoms with Gasteiger partial charge in [0, 0.05) is 13.6 Å². The number of nitrogens with one attached hydrogen (secondary N) is 1. The van der Waals surface area contributed by atoms with Gasteiger partial charge in [-0.25, -0.2) is 4.79 Å². The molecule has 0 heterocycles. The van der Waals surface area contributed by atoms with Gasteiger partial charge in [0.05, 0.1) is 12.8 Å². The van der Waals surface area contributed by atoms with Crippen LogP contribution in [0.3, 0.4) is 0 Å². The van der Waals surface area contributed by atoms with E-state index in [0.717, 1.165) is 25.8 Å². The van der Waals surface area contributed by atoms with E-state index in [1.807, 2.05) is 24.3 Å². The molecule has 0 aliphatic rings. The molecule has 0 spiro atoms. The van der Waals surface area contributed by atoms with Crippen molar-refractivity contribution in [3.63, 3.8) is 0 Å². The number of carbonyl (C=O) groups excluding carboxylic acids is 1. The Labute approximate surface area is 114 Å². The van der Waals surface area contributed by atoms with Gasteiger partial charge in [0.2, 0.25) is 0 Å². The zero-order valence-corrected chi connectivity index (χ0v) is 11.7. The van der Waals surface area contributed by atoms with Crippen LogP contribution in [0, 0.1) is 0 Å². The first-order chi connectivity index (χ1) is 9.19. The van der Waals surface area contributed by atoms with Gasteiger partial charge in [-0.15, -0.1) is 0 Å². The normalized spacial score (nSPS) is 10.1. The molecule has 2 amide bonds. The van der Waals surface area contributed by atoms with Gasteiger partial charge in [0.15, 0.2) is 0 Å². The summed E-state index contributed by atoms with van der Waals surface area (Å²) in [5, 5.41) is 2.84. The predicted molar refractivity (Wildman–Crippen MR) is 77.5 cm³/mol. The monoisotopic (exact) mass is 265 g/mol. The van der Waals surface area contributed by atoms with Gasteiger partial charge in [-0.3, -0.25) is 0 Å². The number of nitrogens with two attached hydrogens (primary N) is 1. The highest BCUT2D eigenvalue weighted by Gasteiger charge is 2.10. The molecule has 5 nitrogen and oxygen atoms in total. The van der Waals surface area contributed by atoms with Gasteiger partial charge >= 0.3 is 6.03 Å². The van der Waals surface area contributed by atoms with Crippen LogP contribution in [0.1, 0.15) is 19.3 Å². The number of urea groups is 1. The average Bonchev–Trinajstić information content (AvgIpc) is 2.44. The number of benzene rings is 1. The fraction of sp³-hybridized carbons (Fsp3) is 0.500. The molecule has 19 heavy (non-hydrogen) atoms. The number of rotatable bonds is 7. The Morgan fingerprint density at radius 3 is 2.74 bits per heavy atom. The quantitative estimate of drug-likeness (QED) is 0.743. The minimum atomic E-state index is -0.128. The lowest BCUT2D eigenvalue weighted by Gasteiger charge is -2.18. The highest BCUT2D eigenvalue weighted by atomic mass is 16.5. The summed E-state index contributed by atoms with van der Waals surface area (Å²) >= 11 is 0. The second-order valence-electron chi connectivity index (χ2n) is 4.40. The Morgan fingerprint density at radius 1 is 1.32 bits per heavy atom. The number of ether oxygens (including phenoxy) is 1. The zero-order valence-electron chi connectivity index (χ0n) is 11.7. The number of anilines is 1. The van der Waals surface area contributed by atoms with E-state index in [2.05, 4.69) is 5.32 Å². The number of hydrogen-bond donors (Lipinski definition) is 2. The summed E-state index contributed by atoms with van der Waals surface area (Å²) in [6, 6.07) is 7.23. The van der Waals surface area contributed by atoms with Crippen molar-refractivity contribution in [1.29, 1.82) is 0 Å². The van der Waals surface area contributed by atoms with E-state index in [9.17, 15) is 4.79 Å². The third-order valence-electron chi connectivity index (χ3n) is 2.89. The van der Waals surface area contributed by atoms with E-state index < -0.39 is 0 Å². The molecule has 0 atom stereocenters. The molecule has 0 aliphatic carbocycles. The van der Waals surface area contributed by atoms with Crippen molar-refractivity contribution >= 4 is 11.7 Å². The molecule has 1 rings (SSSR count). The molecule has 0 saturated carbocycles. The van der Waals surface area contributed by atoms with Crippen molar-refractivity contribution < 1.29 is 9.53 Å². The van der Waals surface area contributed by atoms with Gasteiger partial charge in [0.25, 0.3) is 0 Å². The Morgan fingerprint density at radius 2 is 2.05 bits per heavy atom. The lowest BCUT2D eigenvalue weighted by molar-refractivity contribution is 0.221. The smallest absolute Gasteiger partial charge is 0.321 e. The number of para-hydroxylation sites is 2. The second kappa shape index (κ2) is 8.37. The Balaban J connectivity index is 2.45. The van der Waals surface area contributed by atoms with Gasteiger partial charge < -0.3 is 20.7 Å². The first-order valence-corrected chi connectivity index (χ1v) is 6.54. The van der Waals surface area contributed by atoms with E-state index in [1.165, 1.54) is 0 Å². The molecular weight excluding hydrogens is 242 g/mol. The van der Waals surface area contributed by atoms with Crippen molar-refractivity contribution in [2.24, 2.45) is 5.73 Å². The van der Waals surface area contributed by atoms with Crippen molar-refractivity contribution in [2.45, 2.75) is 19.3 Å². The molecule has 1 aromatic carbocycles. The Bertz CT molecular complexity index is 396. The summed E-state index contributed by atoms with van der Waals surface area (Å²) < 4.78 is 5.19. The van der Waals surface area contributed by atoms with Crippen LogP contribution < -0.4 is 15.8 Å². The summed E-state index contributed by atoms with van der Waals surface area (Å²) in [6.07, 6.45) is 3.01. The fourth-order valence-corrected chi connectivity index (χ4v) is 1.73. The Hall–Kier alpha value is -1.75. The summed E-state index contributed by atoms with van der Waals surface area (Å²) in [5.41, 5.74) is 6.12. The zero-order chi connectivity index (χ0) is 14.1. The van der Waals surface area contributed by atoms with Crippen LogP contribution in [-0.2, 0) is 0 Å². The van der Waals surface area contributed by atoms with Crippen LogP contribution in [0.5, 0.6) is 5.75 Å².